The van der Waals surface area contributed by atoms with Gasteiger partial charge in [-0.2, -0.15) is 0 Å². The second kappa shape index (κ2) is 3.93. The van der Waals surface area contributed by atoms with Crippen molar-refractivity contribution >= 4 is 19.3 Å². The first-order chi connectivity index (χ1) is 9.23. The molecule has 7 heteroatoms. The lowest BCUT2D eigenvalue weighted by atomic mass is 9.80. The minimum Gasteiger partial charge on any atom is -0.333 e. The molecular formula is C13H13BF3N3. The Morgan fingerprint density at radius 3 is 2.50 bits per heavy atom. The van der Waals surface area contributed by atoms with Crippen LogP contribution in [0.25, 0.3) is 5.52 Å². The molecule has 2 aromatic rings. The molecule has 0 N–H and O–H groups in total. The lowest BCUT2D eigenvalue weighted by Gasteiger charge is -2.20. The van der Waals surface area contributed by atoms with Crippen LogP contribution in [0.5, 0.6) is 0 Å². The Bertz CT molecular complexity index is 665. The Balaban J connectivity index is 2.13. The molecule has 1 fully saturated rings. The summed E-state index contributed by atoms with van der Waals surface area (Å²) >= 11 is 0. The summed E-state index contributed by atoms with van der Waals surface area (Å²) in [6.07, 6.45) is 0. The molecule has 3 nitrogen and oxygen atoms in total. The number of halogens is 3. The molecule has 0 amide bonds. The molecule has 1 unspecified atom stereocenters. The van der Waals surface area contributed by atoms with Gasteiger partial charge in [0.05, 0.1) is 24.3 Å². The van der Waals surface area contributed by atoms with Crippen molar-refractivity contribution < 1.29 is 13.2 Å². The van der Waals surface area contributed by atoms with Crippen LogP contribution in [-0.4, -0.2) is 41.8 Å². The molecule has 1 aliphatic heterocycles. The summed E-state index contributed by atoms with van der Waals surface area (Å²) in [6.45, 7) is 2.29. The van der Waals surface area contributed by atoms with Crippen LogP contribution in [0, 0.1) is 13.8 Å². The number of anilines is 1. The number of hydrogen-bond donors (Lipinski definition) is 0. The normalized spacial score (nSPS) is 25.6. The molecule has 0 spiro atoms. The molecular weight excluding hydrogens is 266 g/mol. The summed E-state index contributed by atoms with van der Waals surface area (Å²) in [5.74, 6) is -3.28. The predicted molar refractivity (Wildman–Crippen MR) is 71.4 cm³/mol. The summed E-state index contributed by atoms with van der Waals surface area (Å²) in [7, 11) is 5.08. The number of imidazole rings is 1. The number of fused-ring (bicyclic) bond motifs is 1. The highest BCUT2D eigenvalue weighted by atomic mass is 19.3. The van der Waals surface area contributed by atoms with Gasteiger partial charge < -0.3 is 4.90 Å². The maximum absolute atomic E-state index is 13.8. The van der Waals surface area contributed by atoms with Crippen LogP contribution < -0.4 is 4.90 Å². The van der Waals surface area contributed by atoms with Crippen LogP contribution in [-0.2, 0) is 0 Å². The van der Waals surface area contributed by atoms with E-state index in [9.17, 15) is 13.2 Å². The van der Waals surface area contributed by atoms with Gasteiger partial charge in [-0.1, -0.05) is 6.07 Å². The van der Waals surface area contributed by atoms with Gasteiger partial charge in [0.15, 0.2) is 0 Å². The van der Waals surface area contributed by atoms with Crippen LogP contribution in [0.4, 0.5) is 19.1 Å². The Hall–Kier alpha value is -1.66. The van der Waals surface area contributed by atoms with Gasteiger partial charge in [0, 0.05) is 5.69 Å². The van der Waals surface area contributed by atoms with Crippen molar-refractivity contribution in [3.8, 4) is 0 Å². The van der Waals surface area contributed by atoms with Gasteiger partial charge in [0.2, 0.25) is 5.95 Å². The van der Waals surface area contributed by atoms with Crippen molar-refractivity contribution in [2.45, 2.75) is 25.3 Å². The van der Waals surface area contributed by atoms with E-state index < -0.39 is 24.6 Å². The number of alkyl halides is 3. The van der Waals surface area contributed by atoms with Crippen molar-refractivity contribution in [3.05, 3.63) is 29.6 Å². The topological polar surface area (TPSA) is 20.5 Å². The van der Waals surface area contributed by atoms with Gasteiger partial charge in [-0.25, -0.2) is 18.2 Å². The molecule has 1 atom stereocenters. The number of aromatic nitrogens is 2. The van der Waals surface area contributed by atoms with Crippen LogP contribution in [0.3, 0.4) is 0 Å². The summed E-state index contributed by atoms with van der Waals surface area (Å²) in [5.41, 5.74) is -0.665. The lowest BCUT2D eigenvalue weighted by molar-refractivity contribution is -0.0570. The minimum atomic E-state index is -3.59. The fraction of sp³-hybridized carbons (Fsp3) is 0.462. The van der Waals surface area contributed by atoms with E-state index >= 15 is 0 Å². The van der Waals surface area contributed by atoms with E-state index in [4.69, 9.17) is 7.85 Å². The highest BCUT2D eigenvalue weighted by Gasteiger charge is 2.58. The zero-order chi connectivity index (χ0) is 14.7. The molecule has 0 aliphatic carbocycles. The highest BCUT2D eigenvalue weighted by molar-refractivity contribution is 6.16. The van der Waals surface area contributed by atoms with Crippen molar-refractivity contribution in [2.24, 2.45) is 0 Å². The summed E-state index contributed by atoms with van der Waals surface area (Å²) in [4.78, 5) is 5.50. The third-order valence-corrected chi connectivity index (χ3v) is 3.72. The summed E-state index contributed by atoms with van der Waals surface area (Å²) < 4.78 is 42.7. The number of pyridine rings is 1. The van der Waals surface area contributed by atoms with Crippen LogP contribution in [0.15, 0.2) is 18.2 Å². The average molecular weight is 279 g/mol. The molecule has 3 heterocycles. The number of hydrogen-bond acceptors (Lipinski definition) is 2. The Labute approximate surface area is 115 Å². The maximum atomic E-state index is 13.8. The minimum absolute atomic E-state index is 0.306. The van der Waals surface area contributed by atoms with Gasteiger partial charge in [-0.3, -0.25) is 4.40 Å². The van der Waals surface area contributed by atoms with E-state index in [1.165, 1.54) is 4.90 Å². The monoisotopic (exact) mass is 279 g/mol. The third-order valence-electron chi connectivity index (χ3n) is 3.72. The molecule has 20 heavy (non-hydrogen) atoms. The smallest absolute Gasteiger partial charge is 0.291 e. The number of rotatable bonds is 1. The first-order valence-electron chi connectivity index (χ1n) is 6.28. The lowest BCUT2D eigenvalue weighted by Crippen LogP contribution is -2.43. The predicted octanol–water partition coefficient (Wildman–Crippen LogP) is 2.24. The van der Waals surface area contributed by atoms with Crippen LogP contribution >= 0.6 is 0 Å². The molecule has 2 aromatic heterocycles. The average Bonchev–Trinajstić information content (AvgIpc) is 2.76. The van der Waals surface area contributed by atoms with Gasteiger partial charge in [-0.05, 0) is 26.0 Å². The Morgan fingerprint density at radius 1 is 1.20 bits per heavy atom. The molecule has 2 radical (unpaired) electrons. The molecule has 1 aliphatic rings. The zero-order valence-electron chi connectivity index (χ0n) is 11.2. The van der Waals surface area contributed by atoms with E-state index in [1.807, 2.05) is 25.1 Å². The van der Waals surface area contributed by atoms with E-state index in [0.29, 0.717) is 11.6 Å². The standard InChI is InChI=1S/C13H13BF3N3/c1-8-4-3-5-10-9(2)18-11(20(8)10)19-6-12(14,15)13(16,17)7-19/h3-5H,6-7H2,1-2H3. The Morgan fingerprint density at radius 2 is 1.90 bits per heavy atom. The second-order valence-corrected chi connectivity index (χ2v) is 5.31. The fourth-order valence-electron chi connectivity index (χ4n) is 2.60. The summed E-state index contributed by atoms with van der Waals surface area (Å²) in [5, 5.41) is 0. The largest absolute Gasteiger partial charge is 0.333 e. The van der Waals surface area contributed by atoms with Gasteiger partial charge in [-0.15, -0.1) is 0 Å². The van der Waals surface area contributed by atoms with Crippen molar-refractivity contribution in [2.75, 3.05) is 18.0 Å². The number of nitrogens with zero attached hydrogens (tertiary/aromatic N) is 3. The fourth-order valence-corrected chi connectivity index (χ4v) is 2.60. The van der Waals surface area contributed by atoms with Gasteiger partial charge >= 0.3 is 0 Å². The van der Waals surface area contributed by atoms with Crippen molar-refractivity contribution in [1.82, 2.24) is 9.38 Å². The van der Waals surface area contributed by atoms with Crippen LogP contribution in [0.2, 0.25) is 0 Å². The first kappa shape index (κ1) is 13.3. The van der Waals surface area contributed by atoms with E-state index in [0.717, 1.165) is 11.2 Å². The maximum Gasteiger partial charge on any atom is 0.291 e. The van der Waals surface area contributed by atoms with Crippen molar-refractivity contribution in [1.29, 1.82) is 0 Å². The van der Waals surface area contributed by atoms with E-state index in [1.54, 1.807) is 11.3 Å². The quantitative estimate of drug-likeness (QED) is 0.746. The highest BCUT2D eigenvalue weighted by Crippen LogP contribution is 2.39. The van der Waals surface area contributed by atoms with Gasteiger partial charge in [0.25, 0.3) is 5.92 Å². The Kier molecular flexibility index (Phi) is 2.62. The molecule has 0 bridgehead atoms. The second-order valence-electron chi connectivity index (χ2n) is 5.31. The van der Waals surface area contributed by atoms with E-state index in [-0.39, 0.29) is 0 Å². The molecule has 3 rings (SSSR count). The number of aryl methyl sites for hydroxylation is 2. The zero-order valence-corrected chi connectivity index (χ0v) is 11.2. The molecule has 104 valence electrons. The molecule has 1 saturated heterocycles. The van der Waals surface area contributed by atoms with Crippen molar-refractivity contribution in [3.63, 3.8) is 0 Å². The first-order valence-corrected chi connectivity index (χ1v) is 6.28. The summed E-state index contributed by atoms with van der Waals surface area (Å²) in [6, 6.07) is 5.55. The molecule has 0 aromatic carbocycles. The molecule has 0 saturated carbocycles. The van der Waals surface area contributed by atoms with E-state index in [2.05, 4.69) is 4.98 Å². The van der Waals surface area contributed by atoms with Gasteiger partial charge in [0.1, 0.15) is 13.4 Å². The van der Waals surface area contributed by atoms with Crippen LogP contribution in [0.1, 0.15) is 11.4 Å². The SMILES string of the molecule is [B]C1(F)CN(c2nc(C)c3cccc(C)n23)CC1(F)F. The third kappa shape index (κ3) is 1.72.